The molecule has 2 aromatic heterocycles. The summed E-state index contributed by atoms with van der Waals surface area (Å²) in [7, 11) is 0. The number of nitrogens with zero attached hydrogens (tertiary/aromatic N) is 4. The van der Waals surface area contributed by atoms with Gasteiger partial charge in [0.25, 0.3) is 11.1 Å². The summed E-state index contributed by atoms with van der Waals surface area (Å²) in [5.74, 6) is 0.303. The van der Waals surface area contributed by atoms with Crippen molar-refractivity contribution < 1.29 is 9.53 Å². The molecule has 0 unspecified atom stereocenters. The van der Waals surface area contributed by atoms with Gasteiger partial charge in [-0.3, -0.25) is 9.59 Å². The summed E-state index contributed by atoms with van der Waals surface area (Å²) in [6.45, 7) is 7.17. The fraction of sp³-hybridized carbons (Fsp3) is 0.571. The van der Waals surface area contributed by atoms with E-state index < -0.39 is 11.7 Å². The molecular formula is C21H31Cl3N8O4. The minimum Gasteiger partial charge on any atom is -0.449 e. The minimum absolute atomic E-state index is 0. The van der Waals surface area contributed by atoms with Gasteiger partial charge in [-0.25, -0.2) is 15.0 Å². The Morgan fingerprint density at radius 3 is 2.11 bits per heavy atom. The van der Waals surface area contributed by atoms with Crippen molar-refractivity contribution in [2.24, 2.45) is 11.7 Å². The molecule has 2 aliphatic heterocycles. The fourth-order valence-corrected chi connectivity index (χ4v) is 4.16. The van der Waals surface area contributed by atoms with Crippen molar-refractivity contribution in [2.45, 2.75) is 38.8 Å². The van der Waals surface area contributed by atoms with Crippen LogP contribution in [0.25, 0.3) is 0 Å². The number of nitrogens with one attached hydrogen (secondary N) is 3. The Labute approximate surface area is 224 Å². The van der Waals surface area contributed by atoms with Gasteiger partial charge in [0.15, 0.2) is 0 Å². The van der Waals surface area contributed by atoms with Crippen molar-refractivity contribution >= 4 is 53.1 Å². The lowest BCUT2D eigenvalue weighted by atomic mass is 10.2. The van der Waals surface area contributed by atoms with Crippen LogP contribution in [0.3, 0.4) is 0 Å². The van der Waals surface area contributed by atoms with E-state index in [-0.39, 0.29) is 40.1 Å². The van der Waals surface area contributed by atoms with Crippen LogP contribution in [0.4, 0.5) is 16.2 Å². The van der Waals surface area contributed by atoms with Crippen molar-refractivity contribution in [1.29, 1.82) is 0 Å². The largest absolute Gasteiger partial charge is 0.449 e. The first-order valence-corrected chi connectivity index (χ1v) is 12.1. The van der Waals surface area contributed by atoms with Gasteiger partial charge in [0.05, 0.1) is 36.4 Å². The topological polar surface area (TPSA) is 162 Å². The Morgan fingerprint density at radius 2 is 1.61 bits per heavy atom. The zero-order chi connectivity index (χ0) is 25.5. The van der Waals surface area contributed by atoms with E-state index in [0.29, 0.717) is 37.0 Å². The summed E-state index contributed by atoms with van der Waals surface area (Å²) in [6, 6.07) is 0.130. The van der Waals surface area contributed by atoms with E-state index in [1.165, 1.54) is 6.20 Å². The Bertz CT molecular complexity index is 1130. The fourth-order valence-electron chi connectivity index (χ4n) is 3.74. The molecule has 2 aromatic rings. The molecule has 2 saturated heterocycles. The lowest BCUT2D eigenvalue weighted by Gasteiger charge is -2.19. The van der Waals surface area contributed by atoms with Gasteiger partial charge < -0.3 is 25.6 Å². The third-order valence-electron chi connectivity index (χ3n) is 5.52. The predicted octanol–water partition coefficient (Wildman–Crippen LogP) is 1.77. The summed E-state index contributed by atoms with van der Waals surface area (Å²) >= 11 is 11.8. The Morgan fingerprint density at radius 1 is 1.08 bits per heavy atom. The van der Waals surface area contributed by atoms with Gasteiger partial charge in [-0.15, -0.1) is 12.4 Å². The number of carbonyl (C=O) groups is 1. The minimum atomic E-state index is -0.415. The van der Waals surface area contributed by atoms with Gasteiger partial charge in [0, 0.05) is 32.2 Å². The number of nitrogens with two attached hydrogens (primary N) is 1. The molecule has 12 nitrogen and oxygen atoms in total. The number of amides is 1. The average molecular weight is 566 g/mol. The van der Waals surface area contributed by atoms with Crippen LogP contribution in [0, 0.1) is 5.92 Å². The van der Waals surface area contributed by atoms with E-state index in [0.717, 1.165) is 25.9 Å². The highest BCUT2D eigenvalue weighted by Crippen LogP contribution is 2.25. The van der Waals surface area contributed by atoms with E-state index in [1.54, 1.807) is 6.20 Å². The van der Waals surface area contributed by atoms with Crippen molar-refractivity contribution in [3.05, 3.63) is 43.1 Å². The normalized spacial score (nSPS) is 18.9. The van der Waals surface area contributed by atoms with Crippen LogP contribution in [-0.2, 0) is 4.74 Å². The van der Waals surface area contributed by atoms with Crippen molar-refractivity contribution in [3.8, 4) is 0 Å². The second kappa shape index (κ2) is 13.7. The van der Waals surface area contributed by atoms with Gasteiger partial charge in [0.1, 0.15) is 10.0 Å². The summed E-state index contributed by atoms with van der Waals surface area (Å²) in [5, 5.41) is 15.1. The summed E-state index contributed by atoms with van der Waals surface area (Å²) < 4.78 is 5.09. The molecule has 2 fully saturated rings. The molecule has 15 heteroatoms. The monoisotopic (exact) mass is 564 g/mol. The van der Waals surface area contributed by atoms with E-state index in [1.807, 2.05) is 23.6 Å². The summed E-state index contributed by atoms with van der Waals surface area (Å²) in [5.41, 5.74) is 6.24. The van der Waals surface area contributed by atoms with E-state index in [2.05, 4.69) is 25.7 Å². The molecular weight excluding hydrogens is 535 g/mol. The van der Waals surface area contributed by atoms with Crippen molar-refractivity contribution in [3.63, 3.8) is 0 Å². The van der Waals surface area contributed by atoms with Crippen molar-refractivity contribution in [1.82, 2.24) is 25.7 Å². The molecule has 2 aliphatic rings. The number of halogens is 3. The molecule has 0 aliphatic carbocycles. The third kappa shape index (κ3) is 7.99. The number of H-pyrrole nitrogens is 2. The zero-order valence-electron chi connectivity index (χ0n) is 20.0. The quantitative estimate of drug-likeness (QED) is 0.423. The number of alkyl carbamates (subject to hydrolysis) is 1. The maximum absolute atomic E-state index is 11.6. The number of ether oxygens (including phenoxy) is 1. The highest BCUT2D eigenvalue weighted by atomic mass is 35.5. The Kier molecular flexibility index (Phi) is 11.3. The van der Waals surface area contributed by atoms with Gasteiger partial charge >= 0.3 is 6.09 Å². The maximum atomic E-state index is 11.6. The highest BCUT2D eigenvalue weighted by Gasteiger charge is 2.27. The third-order valence-corrected chi connectivity index (χ3v) is 6.25. The van der Waals surface area contributed by atoms with Gasteiger partial charge in [-0.1, -0.05) is 37.0 Å². The number of aromatic amines is 2. The number of hydrogen-bond donors (Lipinski definition) is 4. The molecule has 2 atom stereocenters. The van der Waals surface area contributed by atoms with Gasteiger partial charge in [0.2, 0.25) is 0 Å². The molecule has 0 aromatic carbocycles. The number of rotatable bonds is 5. The summed E-state index contributed by atoms with van der Waals surface area (Å²) in [4.78, 5) is 38.1. The van der Waals surface area contributed by atoms with Crippen LogP contribution < -0.4 is 32.0 Å². The number of hydrogen-bond acceptors (Lipinski definition) is 9. The Hall–Kier alpha value is -2.54. The second-order valence-corrected chi connectivity index (χ2v) is 9.62. The van der Waals surface area contributed by atoms with Gasteiger partial charge in [-0.2, -0.15) is 10.2 Å². The standard InChI is InChI=1S/C13H19ClN4O3.C8H11ClN4O.ClH/c1-8(2)7-21-13(20)16-9-3-4-18(6-9)10-5-15-17-12(19)11(10)14;9-7-6(3-11-12-8(7)14)13-2-1-5(10)4-13;/h5,8-9H,3-4,6-7H2,1-2H3,(H,16,20)(H,17,19);3,5H,1-2,4,10H2,(H,12,14);1H/t9-;5-;/m11./s1. The molecule has 4 heterocycles. The molecule has 36 heavy (non-hydrogen) atoms. The van der Waals surface area contributed by atoms with E-state index >= 15 is 0 Å². The average Bonchev–Trinajstić information content (AvgIpc) is 3.45. The Balaban J connectivity index is 0.000000265. The van der Waals surface area contributed by atoms with Crippen LogP contribution in [0.2, 0.25) is 10.0 Å². The van der Waals surface area contributed by atoms with Crippen LogP contribution in [-0.4, -0.2) is 71.4 Å². The molecule has 4 rings (SSSR count). The van der Waals surface area contributed by atoms with E-state index in [4.69, 9.17) is 33.7 Å². The van der Waals surface area contributed by atoms with Crippen LogP contribution in [0.5, 0.6) is 0 Å². The first-order chi connectivity index (χ1) is 16.7. The first-order valence-electron chi connectivity index (χ1n) is 11.3. The van der Waals surface area contributed by atoms with Crippen LogP contribution >= 0.6 is 35.6 Å². The van der Waals surface area contributed by atoms with Gasteiger partial charge in [-0.05, 0) is 18.8 Å². The number of carbonyl (C=O) groups excluding carboxylic acids is 1. The molecule has 200 valence electrons. The predicted molar refractivity (Wildman–Crippen MR) is 142 cm³/mol. The zero-order valence-corrected chi connectivity index (χ0v) is 22.3. The molecule has 0 bridgehead atoms. The maximum Gasteiger partial charge on any atom is 0.407 e. The smallest absolute Gasteiger partial charge is 0.407 e. The molecule has 0 spiro atoms. The molecule has 0 saturated carbocycles. The van der Waals surface area contributed by atoms with Crippen LogP contribution in [0.15, 0.2) is 22.0 Å². The number of aromatic nitrogens is 4. The number of anilines is 2. The lowest BCUT2D eigenvalue weighted by Crippen LogP contribution is -2.38. The summed E-state index contributed by atoms with van der Waals surface area (Å²) in [6.07, 6.45) is 4.35. The van der Waals surface area contributed by atoms with E-state index in [9.17, 15) is 14.4 Å². The SMILES string of the molecule is CC(C)COC(=O)N[C@@H]1CCN(c2cn[nH]c(=O)c2Cl)C1.Cl.N[C@@H]1CCN(c2cn[nH]c(=O)c2Cl)C1. The van der Waals surface area contributed by atoms with Crippen LogP contribution in [0.1, 0.15) is 26.7 Å². The lowest BCUT2D eigenvalue weighted by molar-refractivity contribution is 0.130. The second-order valence-electron chi connectivity index (χ2n) is 8.86. The molecule has 5 N–H and O–H groups in total. The first kappa shape index (κ1) is 29.7. The van der Waals surface area contributed by atoms with Crippen molar-refractivity contribution in [2.75, 3.05) is 42.6 Å². The molecule has 1 amide bonds. The molecule has 0 radical (unpaired) electrons. The highest BCUT2D eigenvalue weighted by molar-refractivity contribution is 6.33.